The van der Waals surface area contributed by atoms with E-state index in [9.17, 15) is 54.0 Å². The molecule has 34 heteroatoms. The monoisotopic (exact) mass is 1460 g/mol. The number of carbonyl (C=O) groups excluding carboxylic acids is 9. The van der Waals surface area contributed by atoms with Crippen LogP contribution in [-0.4, -0.2) is 253 Å². The van der Waals surface area contributed by atoms with Gasteiger partial charge in [-0.15, -0.1) is 0 Å². The van der Waals surface area contributed by atoms with Crippen LogP contribution in [-0.2, 0) is 67.2 Å². The third kappa shape index (κ3) is 26.4. The zero-order valence-corrected chi connectivity index (χ0v) is 59.3. The Balaban J connectivity index is 1.19. The number of aromatic amines is 1. The highest BCUT2D eigenvalue weighted by atomic mass is 33.1. The maximum absolute atomic E-state index is 15.3. The lowest BCUT2D eigenvalue weighted by Gasteiger charge is -2.37. The Labute approximate surface area is 600 Å². The highest BCUT2D eigenvalue weighted by molar-refractivity contribution is 8.76. The Morgan fingerprint density at radius 3 is 1.77 bits per heavy atom. The molecule has 0 radical (unpaired) electrons. The van der Waals surface area contributed by atoms with E-state index in [1.54, 1.807) is 54.7 Å². The predicted molar refractivity (Wildman–Crippen MR) is 387 cm³/mol. The lowest BCUT2D eigenvalue weighted by atomic mass is 9.97. The van der Waals surface area contributed by atoms with E-state index in [0.717, 1.165) is 28.5 Å². The number of nitrogens with one attached hydrogen (secondary N) is 16. The molecular formula is C68H102N18O14S2. The van der Waals surface area contributed by atoms with Gasteiger partial charge < -0.3 is 117 Å². The standard InChI is InChI=1S/C68H102N18O14S2/c1-41(87)57-65(98)83-54(64(97)85-58(42(2)88)66(99)100)34-102-101-33-53(63(96)80-51(30-44-18-20-46(89)21-19-44)61(94)81-52(31-45-32-77-48-14-7-6-13-47(45)48)62(95)79-49(59(92)84-57)15-8-9-22-69)82-60(93)50(29-43-11-4-3-5-12-43)78-55(90)16-10-17-56(91)86-68-38-74-26-23-71-35-67(70,36-72-24-27-75-39-68)37-73-25-28-76-40-68/h3-7,11-14,18-21,32,41-42,49-54,57-58,71-77,87-89H,8-10,15-17,22-31,33-40,69-70H2,1-2H3,(H,78,90)(H,79,95)(H,80,96)(H,81,94)(H,82,93)(H,83,98)(H,84,92)(H,85,97)(H,86,91)(H,99,100)/t41?,42?,49?,50?,51?,52-,53+,54?,57?,58?,67?,68?/m1/s1. The molecule has 3 aromatic carbocycles. The van der Waals surface area contributed by atoms with Crippen LogP contribution < -0.4 is 91.2 Å². The smallest absolute Gasteiger partial charge is 0.328 e. The van der Waals surface area contributed by atoms with Crippen molar-refractivity contribution < 1.29 is 68.4 Å². The molecule has 2 bridgehead atoms. The molecule has 4 aliphatic rings. The molecule has 0 saturated carbocycles. The number of carboxylic acid groups (broad SMARTS) is 1. The number of aliphatic carboxylic acids is 1. The lowest BCUT2D eigenvalue weighted by molar-refractivity contribution is -0.145. The van der Waals surface area contributed by atoms with E-state index >= 15 is 14.4 Å². The molecule has 102 heavy (non-hydrogen) atoms. The van der Waals surface area contributed by atoms with Gasteiger partial charge in [0, 0.05) is 139 Å². The van der Waals surface area contributed by atoms with Gasteiger partial charge in [-0.1, -0.05) is 82.3 Å². The third-order valence-corrected chi connectivity index (χ3v) is 20.1. The first-order valence-corrected chi connectivity index (χ1v) is 37.1. The van der Waals surface area contributed by atoms with Crippen LogP contribution in [0.25, 0.3) is 10.9 Å². The van der Waals surface area contributed by atoms with Crippen LogP contribution in [0.5, 0.6) is 5.75 Å². The summed E-state index contributed by atoms with van der Waals surface area (Å²) in [5.74, 6) is -10.2. The summed E-state index contributed by atoms with van der Waals surface area (Å²) < 4.78 is 0. The zero-order valence-electron chi connectivity index (χ0n) is 57.7. The summed E-state index contributed by atoms with van der Waals surface area (Å²) in [6, 6.07) is 8.87. The number of fused-ring (bicyclic) bond motifs is 16. The molecule has 0 aliphatic carbocycles. The first-order valence-electron chi connectivity index (χ1n) is 34.6. The van der Waals surface area contributed by atoms with Crippen LogP contribution in [0.1, 0.15) is 69.1 Å². The van der Waals surface area contributed by atoms with Crippen LogP contribution in [0.15, 0.2) is 85.1 Å². The van der Waals surface area contributed by atoms with E-state index in [1.165, 1.54) is 31.2 Å². The van der Waals surface area contributed by atoms with Crippen molar-refractivity contribution in [3.8, 4) is 5.75 Å². The number of aromatic hydroxyl groups is 1. The van der Waals surface area contributed by atoms with Crippen molar-refractivity contribution in [2.45, 2.75) is 143 Å². The van der Waals surface area contributed by atoms with Crippen LogP contribution in [0.3, 0.4) is 0 Å². The summed E-state index contributed by atoms with van der Waals surface area (Å²) >= 11 is 0. The van der Waals surface area contributed by atoms with Crippen molar-refractivity contribution in [2.24, 2.45) is 11.5 Å². The molecule has 9 amide bonds. The van der Waals surface area contributed by atoms with Gasteiger partial charge in [-0.3, -0.25) is 43.2 Å². The maximum atomic E-state index is 15.3. The van der Waals surface area contributed by atoms with Gasteiger partial charge in [0.2, 0.25) is 53.2 Å². The number of benzene rings is 3. The maximum Gasteiger partial charge on any atom is 0.328 e. The van der Waals surface area contributed by atoms with Crippen LogP contribution >= 0.6 is 21.6 Å². The van der Waals surface area contributed by atoms with Gasteiger partial charge in [-0.2, -0.15) is 0 Å². The van der Waals surface area contributed by atoms with Crippen LogP contribution in [0, 0.1) is 0 Å². The van der Waals surface area contributed by atoms with E-state index in [0.29, 0.717) is 113 Å². The first kappa shape index (κ1) is 81.3. The second kappa shape index (κ2) is 41.3. The Morgan fingerprint density at radius 2 is 1.17 bits per heavy atom. The number of hydrogen-bond acceptors (Lipinski definition) is 23. The van der Waals surface area contributed by atoms with Crippen molar-refractivity contribution in [2.75, 3.05) is 96.6 Å². The molecule has 24 N–H and O–H groups in total. The summed E-state index contributed by atoms with van der Waals surface area (Å²) in [5.41, 5.74) is 13.7. The highest BCUT2D eigenvalue weighted by Gasteiger charge is 2.39. The van der Waals surface area contributed by atoms with Crippen molar-refractivity contribution in [1.29, 1.82) is 0 Å². The van der Waals surface area contributed by atoms with Crippen molar-refractivity contribution in [1.82, 2.24) is 84.7 Å². The number of H-pyrrole nitrogens is 1. The average Bonchev–Trinajstić information content (AvgIpc) is 1.59. The summed E-state index contributed by atoms with van der Waals surface area (Å²) in [6.45, 7) is 9.23. The molecule has 1 aromatic heterocycles. The average molecular weight is 1460 g/mol. The SMILES string of the molecule is CC(O)C(NC(=O)C1CSSC[C@H](NC(=O)C(Cc2ccccc2)NC(=O)CCCC(=O)NC23CNCCNCC(N)(CNCCNC2)CNCCNC3)C(=O)NC(Cc2ccc(O)cc2)C(=O)N[C@H](Cc2c[nH]c3ccccc23)C(=O)NC(CCCCN)C(=O)NC(C(C)O)C(=O)N1)C(=O)O. The van der Waals surface area contributed by atoms with E-state index in [-0.39, 0.29) is 75.3 Å². The van der Waals surface area contributed by atoms with Gasteiger partial charge in [0.1, 0.15) is 48.0 Å². The fourth-order valence-electron chi connectivity index (χ4n) is 11.9. The quantitative estimate of drug-likeness (QED) is 0.0246. The number of hydrogen-bond donors (Lipinski definition) is 22. The van der Waals surface area contributed by atoms with Crippen molar-refractivity contribution >= 4 is 91.6 Å². The zero-order chi connectivity index (χ0) is 73.6. The fourth-order valence-corrected chi connectivity index (χ4v) is 14.3. The number of amides is 9. The van der Waals surface area contributed by atoms with Gasteiger partial charge in [0.15, 0.2) is 6.04 Å². The number of aliphatic hydroxyl groups excluding tert-OH is 2. The van der Waals surface area contributed by atoms with Gasteiger partial charge in [0.05, 0.1) is 23.3 Å². The van der Waals surface area contributed by atoms with Crippen LogP contribution in [0.4, 0.5) is 0 Å². The minimum atomic E-state index is -1.88. The summed E-state index contributed by atoms with van der Waals surface area (Å²) in [7, 11) is 1.76. The topological polar surface area (TPSA) is 500 Å². The molecule has 8 rings (SSSR count). The molecular weight excluding hydrogens is 1360 g/mol. The fraction of sp³-hybridized carbons (Fsp3) is 0.559. The normalized spacial score (nSPS) is 25.0. The predicted octanol–water partition coefficient (Wildman–Crippen LogP) is -4.56. The number of rotatable bonds is 23. The molecule has 32 nitrogen and oxygen atoms in total. The number of para-hydroxylation sites is 1. The molecule has 8 unspecified atom stereocenters. The van der Waals surface area contributed by atoms with Gasteiger partial charge in [-0.05, 0) is 81.0 Å². The molecule has 10 atom stereocenters. The molecule has 0 spiro atoms. The Kier molecular flexibility index (Phi) is 32.9. The van der Waals surface area contributed by atoms with Crippen molar-refractivity contribution in [3.05, 3.63) is 102 Å². The number of unbranched alkanes of at least 4 members (excludes halogenated alkanes) is 1. The molecule has 4 saturated heterocycles. The van der Waals surface area contributed by atoms with Crippen LogP contribution in [0.2, 0.25) is 0 Å². The van der Waals surface area contributed by atoms with Gasteiger partial charge in [-0.25, -0.2) is 4.79 Å². The summed E-state index contributed by atoms with van der Waals surface area (Å²) in [4.78, 5) is 147. The van der Waals surface area contributed by atoms with E-state index < -0.39 is 131 Å². The minimum Gasteiger partial charge on any atom is -0.508 e. The van der Waals surface area contributed by atoms with Gasteiger partial charge in [0.25, 0.3) is 0 Å². The number of carboxylic acids is 1. The number of phenols is 1. The number of nitrogens with two attached hydrogens (primary N) is 2. The lowest BCUT2D eigenvalue weighted by Crippen LogP contribution is -2.67. The molecule has 4 aromatic rings. The van der Waals surface area contributed by atoms with E-state index in [4.69, 9.17) is 11.5 Å². The van der Waals surface area contributed by atoms with E-state index in [1.807, 2.05) is 6.07 Å². The first-order chi connectivity index (χ1) is 48.9. The molecule has 560 valence electrons. The molecule has 4 aliphatic heterocycles. The number of aliphatic hydroxyl groups is 2. The number of carbonyl (C=O) groups is 10. The largest absolute Gasteiger partial charge is 0.508 e. The molecule has 4 fully saturated rings. The second-order valence-corrected chi connectivity index (χ2v) is 28.9. The number of aromatic nitrogens is 1. The Morgan fingerprint density at radius 1 is 0.608 bits per heavy atom. The molecule has 5 heterocycles. The van der Waals surface area contributed by atoms with Crippen molar-refractivity contribution in [3.63, 3.8) is 0 Å². The Hall–Kier alpha value is -8.00. The third-order valence-electron chi connectivity index (χ3n) is 17.7. The second-order valence-electron chi connectivity index (χ2n) is 26.3. The van der Waals surface area contributed by atoms with Gasteiger partial charge >= 0.3 is 5.97 Å². The summed E-state index contributed by atoms with van der Waals surface area (Å²) in [5, 5.41) is 87.6. The minimum absolute atomic E-state index is 0.0568. The summed E-state index contributed by atoms with van der Waals surface area (Å²) in [6.07, 6.45) is -1.76. The number of phenolic OH excluding ortho intramolecular Hbond substituents is 1. The highest BCUT2D eigenvalue weighted by Crippen LogP contribution is 2.25. The Bertz CT molecular complexity index is 3370. The van der Waals surface area contributed by atoms with E-state index in [2.05, 4.69) is 84.7 Å².